The minimum absolute atomic E-state index is 0.0169. The maximum Gasteiger partial charge on any atom is 0.234 e. The van der Waals surface area contributed by atoms with E-state index in [0.717, 1.165) is 18.7 Å². The third-order valence-electron chi connectivity index (χ3n) is 1.83. The molecule has 6 nitrogen and oxygen atoms in total. The predicted molar refractivity (Wildman–Crippen MR) is 59.3 cm³/mol. The van der Waals surface area contributed by atoms with Crippen LogP contribution in [-0.2, 0) is 11.3 Å². The molecule has 0 atom stereocenters. The molecule has 16 heavy (non-hydrogen) atoms. The van der Waals surface area contributed by atoms with E-state index in [4.69, 9.17) is 5.73 Å². The third kappa shape index (κ3) is 3.71. The fraction of sp³-hybridized carbons (Fsp3) is 0.500. The molecule has 1 aromatic heterocycles. The Kier molecular flexibility index (Phi) is 5.02. The highest BCUT2D eigenvalue weighted by Crippen LogP contribution is 1.94. The van der Waals surface area contributed by atoms with E-state index in [1.165, 1.54) is 0 Å². The monoisotopic (exact) mass is 221 g/mol. The van der Waals surface area contributed by atoms with Crippen molar-refractivity contribution in [3.8, 4) is 11.8 Å². The van der Waals surface area contributed by atoms with Gasteiger partial charge in [-0.1, -0.05) is 18.1 Å². The van der Waals surface area contributed by atoms with Gasteiger partial charge in [0.1, 0.15) is 5.69 Å². The van der Waals surface area contributed by atoms with Gasteiger partial charge >= 0.3 is 0 Å². The number of carbonyl (C=O) groups excluding carboxylic acids is 1. The second-order valence-corrected chi connectivity index (χ2v) is 3.13. The number of aryl methyl sites for hydroxylation is 1. The summed E-state index contributed by atoms with van der Waals surface area (Å²) in [6.45, 7) is 3.11. The summed E-state index contributed by atoms with van der Waals surface area (Å²) in [4.78, 5) is 10.8. The Morgan fingerprint density at radius 3 is 3.19 bits per heavy atom. The molecular formula is C10H15N5O. The average Bonchev–Trinajstić information content (AvgIpc) is 2.72. The van der Waals surface area contributed by atoms with Gasteiger partial charge in [0.15, 0.2) is 0 Å². The number of amides is 1. The second-order valence-electron chi connectivity index (χ2n) is 3.13. The minimum atomic E-state index is -0.213. The number of hydrogen-bond donors (Lipinski definition) is 2. The molecule has 0 saturated carbocycles. The first kappa shape index (κ1) is 12.2. The van der Waals surface area contributed by atoms with Gasteiger partial charge < -0.3 is 11.1 Å². The zero-order chi connectivity index (χ0) is 11.8. The van der Waals surface area contributed by atoms with Gasteiger partial charge in [-0.05, 0) is 12.3 Å². The van der Waals surface area contributed by atoms with Gasteiger partial charge in [0.2, 0.25) is 5.91 Å². The van der Waals surface area contributed by atoms with Gasteiger partial charge in [-0.3, -0.25) is 4.79 Å². The second kappa shape index (κ2) is 6.58. The Bertz CT molecular complexity index is 401. The molecule has 0 aliphatic heterocycles. The topological polar surface area (TPSA) is 85.8 Å². The first-order chi connectivity index (χ1) is 7.77. The fourth-order valence-corrected chi connectivity index (χ4v) is 1.08. The summed E-state index contributed by atoms with van der Waals surface area (Å²) in [5, 5.41) is 10.2. The van der Waals surface area contributed by atoms with E-state index in [9.17, 15) is 4.79 Å². The number of nitrogens with zero attached hydrogens (tertiary/aromatic N) is 3. The molecule has 1 heterocycles. The van der Waals surface area contributed by atoms with Crippen molar-refractivity contribution in [2.24, 2.45) is 5.73 Å². The molecule has 0 aliphatic carbocycles. The van der Waals surface area contributed by atoms with Crippen LogP contribution in [0, 0.1) is 11.8 Å². The molecule has 0 aromatic carbocycles. The van der Waals surface area contributed by atoms with Crippen molar-refractivity contribution < 1.29 is 4.79 Å². The summed E-state index contributed by atoms with van der Waals surface area (Å²) in [5.41, 5.74) is 5.88. The number of nitrogens with one attached hydrogen (secondary N) is 1. The number of carbonyl (C=O) groups is 1. The maximum absolute atomic E-state index is 10.8. The van der Waals surface area contributed by atoms with Crippen LogP contribution in [0.2, 0.25) is 0 Å². The molecule has 0 aliphatic rings. The zero-order valence-corrected chi connectivity index (χ0v) is 9.23. The van der Waals surface area contributed by atoms with Gasteiger partial charge in [-0.15, -0.1) is 5.10 Å². The van der Waals surface area contributed by atoms with Crippen LogP contribution in [0.3, 0.4) is 0 Å². The quantitative estimate of drug-likeness (QED) is 0.646. The third-order valence-corrected chi connectivity index (χ3v) is 1.83. The number of rotatable bonds is 4. The van der Waals surface area contributed by atoms with Crippen LogP contribution >= 0.6 is 0 Å². The van der Waals surface area contributed by atoms with Crippen LogP contribution in [0.25, 0.3) is 0 Å². The average molecular weight is 221 g/mol. The summed E-state index contributed by atoms with van der Waals surface area (Å²) in [6, 6.07) is 0. The van der Waals surface area contributed by atoms with Crippen molar-refractivity contribution in [2.45, 2.75) is 19.9 Å². The summed E-state index contributed by atoms with van der Waals surface area (Å²) in [6.07, 6.45) is 2.58. The number of hydrogen-bond acceptors (Lipinski definition) is 4. The molecule has 0 bridgehead atoms. The first-order valence-corrected chi connectivity index (χ1v) is 5.12. The first-order valence-electron chi connectivity index (χ1n) is 5.12. The molecule has 0 unspecified atom stereocenters. The molecule has 1 rings (SSSR count). The molecule has 1 aromatic rings. The number of nitrogens with two attached hydrogens (primary N) is 1. The lowest BCUT2D eigenvalue weighted by molar-refractivity contribution is -0.119. The normalized spacial score (nSPS) is 9.38. The van der Waals surface area contributed by atoms with Crippen molar-refractivity contribution in [3.05, 3.63) is 11.9 Å². The van der Waals surface area contributed by atoms with E-state index in [1.807, 2.05) is 0 Å². The van der Waals surface area contributed by atoms with Crippen LogP contribution in [0.4, 0.5) is 0 Å². The SMILES string of the molecule is CCCn1nncc1C#CCNC(=O)CN. The van der Waals surface area contributed by atoms with Crippen LogP contribution in [-0.4, -0.2) is 34.0 Å². The molecule has 6 heteroatoms. The van der Waals surface area contributed by atoms with Gasteiger partial charge in [-0.25, -0.2) is 4.68 Å². The minimum Gasteiger partial charge on any atom is -0.344 e. The van der Waals surface area contributed by atoms with Gasteiger partial charge in [-0.2, -0.15) is 0 Å². The van der Waals surface area contributed by atoms with Gasteiger partial charge in [0.05, 0.1) is 19.3 Å². The summed E-state index contributed by atoms with van der Waals surface area (Å²) < 4.78 is 1.73. The Labute approximate surface area is 94.2 Å². The largest absolute Gasteiger partial charge is 0.344 e. The molecule has 0 fully saturated rings. The van der Waals surface area contributed by atoms with Crippen LogP contribution in [0.15, 0.2) is 6.20 Å². The summed E-state index contributed by atoms with van der Waals surface area (Å²) >= 11 is 0. The van der Waals surface area contributed by atoms with Gasteiger partial charge in [0, 0.05) is 6.54 Å². The van der Waals surface area contributed by atoms with Crippen molar-refractivity contribution in [2.75, 3.05) is 13.1 Å². The summed E-state index contributed by atoms with van der Waals surface area (Å²) in [7, 11) is 0. The highest BCUT2D eigenvalue weighted by Gasteiger charge is 1.98. The predicted octanol–water partition coefficient (Wildman–Crippen LogP) is -0.885. The van der Waals surface area contributed by atoms with Crippen molar-refractivity contribution in [1.82, 2.24) is 20.3 Å². The van der Waals surface area contributed by atoms with E-state index < -0.39 is 0 Å². The molecule has 0 spiro atoms. The lowest BCUT2D eigenvalue weighted by Crippen LogP contribution is -2.30. The van der Waals surface area contributed by atoms with Crippen LogP contribution in [0.1, 0.15) is 19.0 Å². The Morgan fingerprint density at radius 2 is 2.50 bits per heavy atom. The number of aromatic nitrogens is 3. The van der Waals surface area contributed by atoms with Crippen molar-refractivity contribution >= 4 is 5.91 Å². The highest BCUT2D eigenvalue weighted by atomic mass is 16.1. The van der Waals surface area contributed by atoms with Crippen molar-refractivity contribution in [3.63, 3.8) is 0 Å². The molecule has 3 N–H and O–H groups in total. The Balaban J connectivity index is 2.49. The van der Waals surface area contributed by atoms with E-state index >= 15 is 0 Å². The van der Waals surface area contributed by atoms with Crippen molar-refractivity contribution in [1.29, 1.82) is 0 Å². The van der Waals surface area contributed by atoms with Crippen LogP contribution in [0.5, 0.6) is 0 Å². The lowest BCUT2D eigenvalue weighted by atomic mass is 10.4. The molecule has 1 amide bonds. The fourth-order valence-electron chi connectivity index (χ4n) is 1.08. The standard InChI is InChI=1S/C10H15N5O/c1-2-6-15-9(8-13-14-15)4-3-5-12-10(16)7-11/h8H,2,5-7,11H2,1H3,(H,12,16). The van der Waals surface area contributed by atoms with E-state index in [1.54, 1.807) is 10.9 Å². The molecule has 0 radical (unpaired) electrons. The Morgan fingerprint density at radius 1 is 1.69 bits per heavy atom. The highest BCUT2D eigenvalue weighted by molar-refractivity contribution is 5.77. The summed E-state index contributed by atoms with van der Waals surface area (Å²) in [5.74, 6) is 5.49. The maximum atomic E-state index is 10.8. The lowest BCUT2D eigenvalue weighted by Gasteiger charge is -1.97. The molecular weight excluding hydrogens is 206 g/mol. The van der Waals surface area contributed by atoms with E-state index in [-0.39, 0.29) is 19.0 Å². The molecule has 0 saturated heterocycles. The zero-order valence-electron chi connectivity index (χ0n) is 9.23. The smallest absolute Gasteiger partial charge is 0.234 e. The van der Waals surface area contributed by atoms with E-state index in [0.29, 0.717) is 0 Å². The van der Waals surface area contributed by atoms with Gasteiger partial charge in [0.25, 0.3) is 0 Å². The van der Waals surface area contributed by atoms with E-state index in [2.05, 4.69) is 34.4 Å². The Hall–Kier alpha value is -1.87. The molecule has 86 valence electrons. The van der Waals surface area contributed by atoms with Crippen LogP contribution < -0.4 is 11.1 Å².